The van der Waals surface area contributed by atoms with Gasteiger partial charge in [0, 0.05) is 24.7 Å². The summed E-state index contributed by atoms with van der Waals surface area (Å²) in [5, 5.41) is 14.5. The molecule has 2 aliphatic rings. The van der Waals surface area contributed by atoms with E-state index < -0.39 is 0 Å². The van der Waals surface area contributed by atoms with E-state index in [4.69, 9.17) is 0 Å². The number of piperidine rings is 1. The van der Waals surface area contributed by atoms with Crippen LogP contribution in [0.25, 0.3) is 0 Å². The van der Waals surface area contributed by atoms with E-state index in [0.717, 1.165) is 55.7 Å². The van der Waals surface area contributed by atoms with Crippen LogP contribution >= 0.6 is 12.4 Å². The van der Waals surface area contributed by atoms with Gasteiger partial charge in [0.15, 0.2) is 0 Å². The lowest BCUT2D eigenvalue weighted by atomic mass is 9.88. The highest BCUT2D eigenvalue weighted by Gasteiger charge is 2.32. The van der Waals surface area contributed by atoms with Crippen molar-refractivity contribution in [3.63, 3.8) is 0 Å². The number of rotatable bonds is 3. The van der Waals surface area contributed by atoms with Crippen LogP contribution in [0, 0.1) is 28.9 Å². The molecule has 0 spiro atoms. The van der Waals surface area contributed by atoms with E-state index in [9.17, 15) is 10.1 Å². The van der Waals surface area contributed by atoms with Crippen LogP contribution in [0.3, 0.4) is 0 Å². The number of benzene rings is 1. The third kappa shape index (κ3) is 3.36. The Morgan fingerprint density at radius 1 is 1.38 bits per heavy atom. The summed E-state index contributed by atoms with van der Waals surface area (Å²) in [6.45, 7) is 7.18. The number of nitrogens with one attached hydrogen (secondary N) is 1. The van der Waals surface area contributed by atoms with Crippen LogP contribution in [0.1, 0.15) is 17.5 Å². The SMILES string of the molecule is Cc1c(CN2CCC3CNCC3C2)cccc1[N+](=O)[O-].Cl. The molecule has 2 atom stereocenters. The van der Waals surface area contributed by atoms with Gasteiger partial charge in [-0.15, -0.1) is 12.4 Å². The average molecular weight is 312 g/mol. The zero-order valence-electron chi connectivity index (χ0n) is 12.2. The molecule has 0 aromatic heterocycles. The maximum atomic E-state index is 11.0. The predicted octanol–water partition coefficient (Wildman–Crippen LogP) is 2.37. The molecule has 2 unspecified atom stereocenters. The first kappa shape index (κ1) is 16.2. The fraction of sp³-hybridized carbons (Fsp3) is 0.600. The fourth-order valence-corrected chi connectivity index (χ4v) is 3.53. The van der Waals surface area contributed by atoms with Crippen LogP contribution in [0.5, 0.6) is 0 Å². The highest BCUT2D eigenvalue weighted by molar-refractivity contribution is 5.85. The zero-order chi connectivity index (χ0) is 14.1. The van der Waals surface area contributed by atoms with Gasteiger partial charge in [-0.1, -0.05) is 12.1 Å². The number of nitrogens with zero attached hydrogens (tertiary/aromatic N) is 2. The van der Waals surface area contributed by atoms with Crippen LogP contribution in [0.15, 0.2) is 18.2 Å². The fourth-order valence-electron chi connectivity index (χ4n) is 3.53. The lowest BCUT2D eigenvalue weighted by Crippen LogP contribution is -2.39. The molecular weight excluding hydrogens is 290 g/mol. The molecule has 2 aliphatic heterocycles. The maximum Gasteiger partial charge on any atom is 0.272 e. The summed E-state index contributed by atoms with van der Waals surface area (Å²) in [5.74, 6) is 1.58. The molecule has 3 rings (SSSR count). The molecule has 1 N–H and O–H groups in total. The minimum atomic E-state index is -0.286. The van der Waals surface area contributed by atoms with Crippen LogP contribution < -0.4 is 5.32 Å². The smallest absolute Gasteiger partial charge is 0.272 e. The Morgan fingerprint density at radius 3 is 2.90 bits per heavy atom. The van der Waals surface area contributed by atoms with Crippen molar-refractivity contribution in [1.82, 2.24) is 10.2 Å². The normalized spacial score (nSPS) is 25.2. The van der Waals surface area contributed by atoms with Gasteiger partial charge in [0.2, 0.25) is 0 Å². The van der Waals surface area contributed by atoms with Gasteiger partial charge in [-0.2, -0.15) is 0 Å². The van der Waals surface area contributed by atoms with Crippen molar-refractivity contribution in [2.45, 2.75) is 19.9 Å². The first-order valence-electron chi connectivity index (χ1n) is 7.31. The van der Waals surface area contributed by atoms with E-state index in [0.29, 0.717) is 0 Å². The van der Waals surface area contributed by atoms with Crippen molar-refractivity contribution in [2.75, 3.05) is 26.2 Å². The number of likely N-dealkylation sites (tertiary alicyclic amines) is 1. The van der Waals surface area contributed by atoms with E-state index in [1.807, 2.05) is 13.0 Å². The zero-order valence-corrected chi connectivity index (χ0v) is 13.1. The van der Waals surface area contributed by atoms with Gasteiger partial charge >= 0.3 is 0 Å². The van der Waals surface area contributed by atoms with Gasteiger partial charge in [0.1, 0.15) is 0 Å². The Kier molecular flexibility index (Phi) is 5.19. The van der Waals surface area contributed by atoms with Crippen LogP contribution in [-0.2, 0) is 6.54 Å². The van der Waals surface area contributed by atoms with Crippen molar-refractivity contribution < 1.29 is 4.92 Å². The predicted molar refractivity (Wildman–Crippen MR) is 84.8 cm³/mol. The summed E-state index contributed by atoms with van der Waals surface area (Å²) < 4.78 is 0. The topological polar surface area (TPSA) is 58.4 Å². The number of hydrogen-bond donors (Lipinski definition) is 1. The summed E-state index contributed by atoms with van der Waals surface area (Å²) in [7, 11) is 0. The highest BCUT2D eigenvalue weighted by Crippen LogP contribution is 2.29. The second-order valence-corrected chi connectivity index (χ2v) is 6.02. The molecule has 21 heavy (non-hydrogen) atoms. The molecule has 0 aliphatic carbocycles. The molecule has 116 valence electrons. The Hall–Kier alpha value is -1.17. The third-order valence-electron chi connectivity index (χ3n) is 4.80. The molecule has 2 fully saturated rings. The quantitative estimate of drug-likeness (QED) is 0.688. The molecular formula is C15H22ClN3O2. The molecule has 2 saturated heterocycles. The summed E-state index contributed by atoms with van der Waals surface area (Å²) in [4.78, 5) is 13.2. The molecule has 6 heteroatoms. The first-order chi connectivity index (χ1) is 9.65. The Bertz CT molecular complexity index is 524. The van der Waals surface area contributed by atoms with E-state index in [-0.39, 0.29) is 23.0 Å². The lowest BCUT2D eigenvalue weighted by Gasteiger charge is -2.34. The number of fused-ring (bicyclic) bond motifs is 1. The molecule has 0 amide bonds. The van der Waals surface area contributed by atoms with Gasteiger partial charge in [-0.3, -0.25) is 15.0 Å². The molecule has 1 aromatic rings. The van der Waals surface area contributed by atoms with Gasteiger partial charge in [0.25, 0.3) is 5.69 Å². The lowest BCUT2D eigenvalue weighted by molar-refractivity contribution is -0.385. The van der Waals surface area contributed by atoms with Crippen molar-refractivity contribution >= 4 is 18.1 Å². The Labute approximate surface area is 131 Å². The number of nitro benzene ring substituents is 1. The summed E-state index contributed by atoms with van der Waals surface area (Å²) >= 11 is 0. The standard InChI is InChI=1S/C15H21N3O2.ClH/c1-11-13(3-2-4-15(11)18(19)20)9-17-6-5-12-7-16-8-14(12)10-17;/h2-4,12,14,16H,5-10H2,1H3;1H. The minimum absolute atomic E-state index is 0. The highest BCUT2D eigenvalue weighted by atomic mass is 35.5. The van der Waals surface area contributed by atoms with Crippen LogP contribution in [0.4, 0.5) is 5.69 Å². The van der Waals surface area contributed by atoms with E-state index in [2.05, 4.69) is 10.2 Å². The Balaban J connectivity index is 0.00000161. The van der Waals surface area contributed by atoms with Gasteiger partial charge in [0.05, 0.1) is 4.92 Å². The molecule has 0 saturated carbocycles. The second-order valence-electron chi connectivity index (χ2n) is 6.02. The van der Waals surface area contributed by atoms with Crippen LogP contribution in [-0.4, -0.2) is 36.0 Å². The minimum Gasteiger partial charge on any atom is -0.316 e. The molecule has 5 nitrogen and oxygen atoms in total. The largest absolute Gasteiger partial charge is 0.316 e. The third-order valence-corrected chi connectivity index (χ3v) is 4.80. The summed E-state index contributed by atoms with van der Waals surface area (Å²) in [6, 6.07) is 5.40. The number of nitro groups is 1. The molecule has 1 aromatic carbocycles. The second kappa shape index (κ2) is 6.73. The van der Waals surface area contributed by atoms with Crippen LogP contribution in [0.2, 0.25) is 0 Å². The van der Waals surface area contributed by atoms with Crippen molar-refractivity contribution in [3.8, 4) is 0 Å². The van der Waals surface area contributed by atoms with E-state index in [1.165, 1.54) is 6.42 Å². The van der Waals surface area contributed by atoms with Crippen molar-refractivity contribution in [2.24, 2.45) is 11.8 Å². The number of halogens is 1. The van der Waals surface area contributed by atoms with Crippen molar-refractivity contribution in [1.29, 1.82) is 0 Å². The van der Waals surface area contributed by atoms with Crippen molar-refractivity contribution in [3.05, 3.63) is 39.4 Å². The van der Waals surface area contributed by atoms with Gasteiger partial charge < -0.3 is 5.32 Å². The van der Waals surface area contributed by atoms with E-state index >= 15 is 0 Å². The van der Waals surface area contributed by atoms with E-state index in [1.54, 1.807) is 12.1 Å². The monoisotopic (exact) mass is 311 g/mol. The maximum absolute atomic E-state index is 11.0. The molecule has 0 bridgehead atoms. The van der Waals surface area contributed by atoms with Gasteiger partial charge in [-0.05, 0) is 50.4 Å². The summed E-state index contributed by atoms with van der Waals surface area (Å²) in [6.07, 6.45) is 1.24. The number of hydrogen-bond acceptors (Lipinski definition) is 4. The Morgan fingerprint density at radius 2 is 2.14 bits per heavy atom. The molecule has 0 radical (unpaired) electrons. The summed E-state index contributed by atoms with van der Waals surface area (Å²) in [5.41, 5.74) is 2.13. The first-order valence-corrected chi connectivity index (χ1v) is 7.31. The average Bonchev–Trinajstić information content (AvgIpc) is 2.88. The molecule has 2 heterocycles. The van der Waals surface area contributed by atoms with Gasteiger partial charge in [-0.25, -0.2) is 0 Å².